The van der Waals surface area contributed by atoms with Gasteiger partial charge in [0.05, 0.1) is 6.04 Å². The first-order valence-corrected chi connectivity index (χ1v) is 11.5. The fourth-order valence-electron chi connectivity index (χ4n) is 5.73. The molecule has 4 heteroatoms. The molecule has 4 nitrogen and oxygen atoms in total. The normalized spacial score (nSPS) is 28.0. The van der Waals surface area contributed by atoms with Crippen LogP contribution in [0.1, 0.15) is 56.9 Å². The van der Waals surface area contributed by atoms with Gasteiger partial charge in [-0.1, -0.05) is 49.6 Å². The minimum absolute atomic E-state index is 0.240. The first-order valence-electron chi connectivity index (χ1n) is 11.5. The number of carbonyl (C=O) groups excluding carboxylic acids is 1. The van der Waals surface area contributed by atoms with Gasteiger partial charge in [-0.3, -0.25) is 4.79 Å². The molecule has 3 aliphatic rings. The van der Waals surface area contributed by atoms with Crippen molar-refractivity contribution in [1.82, 2.24) is 9.80 Å². The lowest BCUT2D eigenvalue weighted by Gasteiger charge is -2.35. The minimum Gasteiger partial charge on any atom is -0.337 e. The van der Waals surface area contributed by atoms with Crippen LogP contribution in [-0.4, -0.2) is 54.0 Å². The Kier molecular flexibility index (Phi) is 6.69. The first kappa shape index (κ1) is 19.9. The van der Waals surface area contributed by atoms with E-state index < -0.39 is 0 Å². The third-order valence-corrected chi connectivity index (χ3v) is 7.47. The van der Waals surface area contributed by atoms with Gasteiger partial charge >= 0.3 is 0 Å². The van der Waals surface area contributed by atoms with Crippen LogP contribution in [0, 0.1) is 11.8 Å². The van der Waals surface area contributed by atoms with Gasteiger partial charge in [0.25, 0.3) is 0 Å². The number of amides is 1. The van der Waals surface area contributed by atoms with Crippen molar-refractivity contribution < 1.29 is 4.79 Å². The summed E-state index contributed by atoms with van der Waals surface area (Å²) in [6.07, 6.45) is 10.8. The zero-order chi connectivity index (χ0) is 19.3. The summed E-state index contributed by atoms with van der Waals surface area (Å²) in [7, 11) is 0. The third kappa shape index (κ3) is 4.60. The molecular formula is C24H37N3O. The van der Waals surface area contributed by atoms with E-state index in [-0.39, 0.29) is 11.9 Å². The van der Waals surface area contributed by atoms with Gasteiger partial charge in [0, 0.05) is 25.7 Å². The molecule has 2 saturated heterocycles. The molecule has 28 heavy (non-hydrogen) atoms. The summed E-state index contributed by atoms with van der Waals surface area (Å²) < 4.78 is 0. The molecule has 1 aromatic carbocycles. The SMILES string of the molecule is N[C@H](C(=O)N1CCC2CCCN(CCc3ccccc3)CC21)C1CCCCC1. The number of rotatable bonds is 5. The number of likely N-dealkylation sites (tertiary alicyclic amines) is 2. The van der Waals surface area contributed by atoms with Gasteiger partial charge in [0.15, 0.2) is 0 Å². The Morgan fingerprint density at radius 1 is 1.00 bits per heavy atom. The molecule has 2 N–H and O–H groups in total. The number of nitrogens with zero attached hydrogens (tertiary/aromatic N) is 2. The van der Waals surface area contributed by atoms with Crippen molar-refractivity contribution in [2.75, 3.05) is 26.2 Å². The summed E-state index contributed by atoms with van der Waals surface area (Å²) in [5.74, 6) is 1.31. The van der Waals surface area contributed by atoms with E-state index in [2.05, 4.69) is 40.1 Å². The molecule has 1 aromatic rings. The van der Waals surface area contributed by atoms with Crippen LogP contribution in [0.25, 0.3) is 0 Å². The monoisotopic (exact) mass is 383 g/mol. The van der Waals surface area contributed by atoms with Gasteiger partial charge in [-0.15, -0.1) is 0 Å². The van der Waals surface area contributed by atoms with Crippen molar-refractivity contribution in [2.45, 2.75) is 69.9 Å². The van der Waals surface area contributed by atoms with E-state index in [0.717, 1.165) is 45.4 Å². The standard InChI is InChI=1S/C24H37N3O/c25-23(21-10-5-2-6-11-21)24(28)27-17-14-20-12-7-15-26(18-22(20)27)16-13-19-8-3-1-4-9-19/h1,3-4,8-9,20-23H,2,5-7,10-18,25H2/t20?,22?,23-/m0/s1. The average Bonchev–Trinajstić information content (AvgIpc) is 3.03. The largest absolute Gasteiger partial charge is 0.337 e. The van der Waals surface area contributed by atoms with Gasteiger partial charge < -0.3 is 15.5 Å². The molecule has 2 aliphatic heterocycles. The average molecular weight is 384 g/mol. The summed E-state index contributed by atoms with van der Waals surface area (Å²) in [5.41, 5.74) is 7.90. The van der Waals surface area contributed by atoms with E-state index in [1.807, 2.05) is 0 Å². The molecule has 3 fully saturated rings. The Labute approximate surface area is 170 Å². The van der Waals surface area contributed by atoms with Crippen molar-refractivity contribution in [3.8, 4) is 0 Å². The summed E-state index contributed by atoms with van der Waals surface area (Å²) >= 11 is 0. The Hall–Kier alpha value is -1.39. The highest BCUT2D eigenvalue weighted by Crippen LogP contribution is 2.33. The lowest BCUT2D eigenvalue weighted by molar-refractivity contribution is -0.135. The Morgan fingerprint density at radius 3 is 2.57 bits per heavy atom. The van der Waals surface area contributed by atoms with E-state index in [0.29, 0.717) is 17.9 Å². The minimum atomic E-state index is -0.278. The first-order chi connectivity index (χ1) is 13.7. The molecular weight excluding hydrogens is 346 g/mol. The van der Waals surface area contributed by atoms with Crippen molar-refractivity contribution in [3.05, 3.63) is 35.9 Å². The van der Waals surface area contributed by atoms with Crippen LogP contribution in [0.2, 0.25) is 0 Å². The van der Waals surface area contributed by atoms with Crippen molar-refractivity contribution in [3.63, 3.8) is 0 Å². The molecule has 1 aliphatic carbocycles. The molecule has 1 saturated carbocycles. The summed E-state index contributed by atoms with van der Waals surface area (Å²) in [6.45, 7) is 4.20. The van der Waals surface area contributed by atoms with E-state index >= 15 is 0 Å². The molecule has 0 radical (unpaired) electrons. The third-order valence-electron chi connectivity index (χ3n) is 7.47. The molecule has 4 rings (SSSR count). The Bertz CT molecular complexity index is 628. The molecule has 1 amide bonds. The quantitative estimate of drug-likeness (QED) is 0.847. The maximum absolute atomic E-state index is 13.3. The smallest absolute Gasteiger partial charge is 0.240 e. The van der Waals surface area contributed by atoms with E-state index in [1.165, 1.54) is 44.1 Å². The highest BCUT2D eigenvalue weighted by atomic mass is 16.2. The predicted molar refractivity (Wildman–Crippen MR) is 114 cm³/mol. The Balaban J connectivity index is 1.37. The van der Waals surface area contributed by atoms with Crippen LogP contribution in [0.3, 0.4) is 0 Å². The van der Waals surface area contributed by atoms with E-state index in [9.17, 15) is 4.79 Å². The lowest BCUT2D eigenvalue weighted by atomic mass is 9.83. The van der Waals surface area contributed by atoms with Crippen LogP contribution in [0.4, 0.5) is 0 Å². The van der Waals surface area contributed by atoms with Gasteiger partial charge in [0.1, 0.15) is 0 Å². The molecule has 0 aromatic heterocycles. The molecule has 2 unspecified atom stereocenters. The molecule has 154 valence electrons. The fraction of sp³-hybridized carbons (Fsp3) is 0.708. The number of hydrogen-bond donors (Lipinski definition) is 1. The zero-order valence-corrected chi connectivity index (χ0v) is 17.3. The lowest BCUT2D eigenvalue weighted by Crippen LogP contribution is -2.53. The number of nitrogens with two attached hydrogens (primary N) is 1. The van der Waals surface area contributed by atoms with Crippen molar-refractivity contribution >= 4 is 5.91 Å². The van der Waals surface area contributed by atoms with Gasteiger partial charge in [-0.25, -0.2) is 0 Å². The van der Waals surface area contributed by atoms with Gasteiger partial charge in [-0.05, 0) is 62.5 Å². The molecule has 2 heterocycles. The summed E-state index contributed by atoms with van der Waals surface area (Å²) in [5, 5.41) is 0. The number of benzene rings is 1. The molecule has 0 bridgehead atoms. The van der Waals surface area contributed by atoms with Crippen LogP contribution >= 0.6 is 0 Å². The number of hydrogen-bond acceptors (Lipinski definition) is 3. The maximum atomic E-state index is 13.3. The Morgan fingerprint density at radius 2 is 1.79 bits per heavy atom. The van der Waals surface area contributed by atoms with Gasteiger partial charge in [-0.2, -0.15) is 0 Å². The summed E-state index contributed by atoms with van der Waals surface area (Å²) in [4.78, 5) is 18.1. The predicted octanol–water partition coefficient (Wildman–Crippen LogP) is 3.45. The molecule has 0 spiro atoms. The highest BCUT2D eigenvalue weighted by molar-refractivity contribution is 5.82. The van der Waals surface area contributed by atoms with Crippen molar-refractivity contribution in [2.24, 2.45) is 17.6 Å². The second-order valence-electron chi connectivity index (χ2n) is 9.25. The topological polar surface area (TPSA) is 49.6 Å². The van der Waals surface area contributed by atoms with Gasteiger partial charge in [0.2, 0.25) is 5.91 Å². The van der Waals surface area contributed by atoms with E-state index in [4.69, 9.17) is 5.73 Å². The highest BCUT2D eigenvalue weighted by Gasteiger charge is 2.41. The van der Waals surface area contributed by atoms with Crippen LogP contribution < -0.4 is 5.73 Å². The number of carbonyl (C=O) groups is 1. The fourth-order valence-corrected chi connectivity index (χ4v) is 5.73. The van der Waals surface area contributed by atoms with Crippen molar-refractivity contribution in [1.29, 1.82) is 0 Å². The zero-order valence-electron chi connectivity index (χ0n) is 17.3. The van der Waals surface area contributed by atoms with Crippen LogP contribution in [0.15, 0.2) is 30.3 Å². The van der Waals surface area contributed by atoms with Crippen LogP contribution in [-0.2, 0) is 11.2 Å². The molecule has 3 atom stereocenters. The van der Waals surface area contributed by atoms with E-state index in [1.54, 1.807) is 0 Å². The van der Waals surface area contributed by atoms with Crippen LogP contribution in [0.5, 0.6) is 0 Å². The summed E-state index contributed by atoms with van der Waals surface area (Å²) in [6, 6.07) is 10.9. The second-order valence-corrected chi connectivity index (χ2v) is 9.25. The maximum Gasteiger partial charge on any atom is 0.240 e. The number of fused-ring (bicyclic) bond motifs is 1. The second kappa shape index (κ2) is 9.41.